The van der Waals surface area contributed by atoms with Gasteiger partial charge in [0.25, 0.3) is 5.91 Å². The van der Waals surface area contributed by atoms with Crippen LogP contribution in [0.1, 0.15) is 22.8 Å². The number of fused-ring (bicyclic) bond motifs is 1. The Kier molecular flexibility index (Phi) is 5.37. The monoisotopic (exact) mass is 409 g/mol. The molecule has 26 heavy (non-hydrogen) atoms. The highest BCUT2D eigenvalue weighted by Gasteiger charge is 2.30. The maximum Gasteiger partial charge on any atom is 0.286 e. The van der Waals surface area contributed by atoms with Crippen LogP contribution in [0.2, 0.25) is 10.0 Å². The Morgan fingerprint density at radius 2 is 1.92 bits per heavy atom. The molecule has 0 fully saturated rings. The zero-order valence-corrected chi connectivity index (χ0v) is 16.6. The number of rotatable bonds is 5. The van der Waals surface area contributed by atoms with Crippen LogP contribution in [-0.2, 0) is 15.5 Å². The van der Waals surface area contributed by atoms with Gasteiger partial charge in [-0.1, -0.05) is 35.3 Å². The van der Waals surface area contributed by atoms with Crippen LogP contribution in [0.25, 0.3) is 0 Å². The first-order valence-corrected chi connectivity index (χ1v) is 10.4. The number of carbonyl (C=O) groups is 1. The van der Waals surface area contributed by atoms with E-state index in [1.54, 1.807) is 42.7 Å². The molecule has 0 saturated heterocycles. The predicted octanol–water partition coefficient (Wildman–Crippen LogP) is 4.79. The van der Waals surface area contributed by atoms with Gasteiger partial charge in [-0.05, 0) is 36.8 Å². The fourth-order valence-corrected chi connectivity index (χ4v) is 4.99. The maximum absolute atomic E-state index is 13.3. The average molecular weight is 410 g/mol. The van der Waals surface area contributed by atoms with Crippen LogP contribution in [-0.4, -0.2) is 34.9 Å². The summed E-state index contributed by atoms with van der Waals surface area (Å²) in [6.45, 7) is 2.78. The highest BCUT2D eigenvalue weighted by molar-refractivity contribution is 7.93. The molecule has 0 spiro atoms. The number of hydrogen-bond acceptors (Lipinski definition) is 3. The fraction of sp³-hybridized carbons (Fsp3) is 0.222. The van der Waals surface area contributed by atoms with Crippen molar-refractivity contribution >= 4 is 50.9 Å². The Labute approximate surface area is 162 Å². The molecule has 8 heteroatoms. The van der Waals surface area contributed by atoms with E-state index in [4.69, 9.17) is 23.2 Å². The third-order valence-corrected chi connectivity index (χ3v) is 6.79. The second-order valence-corrected chi connectivity index (χ2v) is 8.96. The lowest BCUT2D eigenvalue weighted by atomic mass is 10.2. The molecule has 1 aliphatic rings. The summed E-state index contributed by atoms with van der Waals surface area (Å²) in [6, 6.07) is 10.1. The van der Waals surface area contributed by atoms with Gasteiger partial charge in [-0.3, -0.25) is 4.79 Å². The Hall–Kier alpha value is -1.89. The van der Waals surface area contributed by atoms with Crippen LogP contribution in [0.4, 0.5) is 5.69 Å². The van der Waals surface area contributed by atoms with E-state index >= 15 is 0 Å². The Morgan fingerprint density at radius 3 is 2.58 bits per heavy atom. The zero-order valence-electron chi connectivity index (χ0n) is 14.3. The lowest BCUT2D eigenvalue weighted by Crippen LogP contribution is -2.14. The van der Waals surface area contributed by atoms with Crippen molar-refractivity contribution in [3.63, 3.8) is 0 Å². The summed E-state index contributed by atoms with van der Waals surface area (Å²) in [7, 11) is -1.04. The number of benzene rings is 2. The standard InChI is InChI=1S/C18H17Cl2N3O2S/c1-3-23(2)11-21-16-8-14-17(9-15(16)20)26(25,22-18(14)24)10-12-4-6-13(19)7-5-12/h4-9,11H,3,10H2,1-2H3/b21-11-. The topological polar surface area (TPSA) is 62.1 Å². The highest BCUT2D eigenvalue weighted by atomic mass is 35.5. The summed E-state index contributed by atoms with van der Waals surface area (Å²) >= 11 is 12.2. The summed E-state index contributed by atoms with van der Waals surface area (Å²) < 4.78 is 17.3. The number of aliphatic imine (C=N–C) groups is 1. The van der Waals surface area contributed by atoms with Gasteiger partial charge in [0.2, 0.25) is 0 Å². The molecule has 1 aliphatic heterocycles. The Balaban J connectivity index is 1.99. The minimum atomic E-state index is -2.92. The van der Waals surface area contributed by atoms with Crippen molar-refractivity contribution in [2.75, 3.05) is 13.6 Å². The van der Waals surface area contributed by atoms with E-state index in [0.717, 1.165) is 12.1 Å². The van der Waals surface area contributed by atoms with Crippen molar-refractivity contribution in [2.24, 2.45) is 9.36 Å². The van der Waals surface area contributed by atoms with E-state index < -0.39 is 15.6 Å². The van der Waals surface area contributed by atoms with E-state index in [1.165, 1.54) is 0 Å². The molecule has 1 unspecified atom stereocenters. The van der Waals surface area contributed by atoms with Crippen molar-refractivity contribution < 1.29 is 9.00 Å². The predicted molar refractivity (Wildman–Crippen MR) is 106 cm³/mol. The molecule has 1 amide bonds. The van der Waals surface area contributed by atoms with Crippen LogP contribution >= 0.6 is 23.2 Å². The van der Waals surface area contributed by atoms with Crippen molar-refractivity contribution in [1.82, 2.24) is 4.90 Å². The molecule has 2 aromatic rings. The number of halogens is 2. The van der Waals surface area contributed by atoms with Crippen molar-refractivity contribution in [1.29, 1.82) is 0 Å². The van der Waals surface area contributed by atoms with Crippen molar-refractivity contribution in [3.05, 3.63) is 57.6 Å². The first kappa shape index (κ1) is 18.9. The zero-order chi connectivity index (χ0) is 18.9. The summed E-state index contributed by atoms with van der Waals surface area (Å²) in [4.78, 5) is 18.8. The van der Waals surface area contributed by atoms with Gasteiger partial charge in [0.15, 0.2) is 0 Å². The molecule has 1 atom stereocenters. The molecule has 0 bridgehead atoms. The first-order chi connectivity index (χ1) is 12.3. The fourth-order valence-electron chi connectivity index (χ4n) is 2.46. The third-order valence-electron chi connectivity index (χ3n) is 4.02. The van der Waals surface area contributed by atoms with Gasteiger partial charge in [-0.25, -0.2) is 9.20 Å². The third kappa shape index (κ3) is 3.77. The van der Waals surface area contributed by atoms with E-state index in [2.05, 4.69) is 9.36 Å². The maximum atomic E-state index is 13.3. The normalized spacial score (nSPS) is 18.8. The van der Waals surface area contributed by atoms with E-state index in [9.17, 15) is 9.00 Å². The van der Waals surface area contributed by atoms with Gasteiger partial charge in [0.05, 0.1) is 43.0 Å². The van der Waals surface area contributed by atoms with Crippen LogP contribution in [0, 0.1) is 0 Å². The molecule has 0 saturated carbocycles. The molecule has 0 aromatic heterocycles. The first-order valence-electron chi connectivity index (χ1n) is 7.94. The Morgan fingerprint density at radius 1 is 1.23 bits per heavy atom. The Bertz CT molecular complexity index is 1010. The number of carbonyl (C=O) groups excluding carboxylic acids is 1. The summed E-state index contributed by atoms with van der Waals surface area (Å²) in [5.41, 5.74) is 1.52. The second-order valence-electron chi connectivity index (χ2n) is 5.93. The molecule has 5 nitrogen and oxygen atoms in total. The molecule has 1 heterocycles. The molecule has 136 valence electrons. The van der Waals surface area contributed by atoms with Crippen LogP contribution in [0.15, 0.2) is 50.6 Å². The molecule has 2 aromatic carbocycles. The van der Waals surface area contributed by atoms with E-state index in [0.29, 0.717) is 26.2 Å². The molecular formula is C18H17Cl2N3O2S. The van der Waals surface area contributed by atoms with Crippen LogP contribution in [0.5, 0.6) is 0 Å². The van der Waals surface area contributed by atoms with Crippen molar-refractivity contribution in [3.8, 4) is 0 Å². The summed E-state index contributed by atoms with van der Waals surface area (Å²) in [5, 5.41) is 0.921. The van der Waals surface area contributed by atoms with Gasteiger partial charge in [0, 0.05) is 18.6 Å². The molecule has 0 radical (unpaired) electrons. The minimum absolute atomic E-state index is 0.125. The largest absolute Gasteiger partial charge is 0.366 e. The molecular weight excluding hydrogens is 393 g/mol. The highest BCUT2D eigenvalue weighted by Crippen LogP contribution is 2.37. The van der Waals surface area contributed by atoms with Gasteiger partial charge in [-0.15, -0.1) is 0 Å². The number of nitrogens with zero attached hydrogens (tertiary/aromatic N) is 3. The van der Waals surface area contributed by atoms with E-state index in [-0.39, 0.29) is 5.75 Å². The number of amides is 1. The van der Waals surface area contributed by atoms with Crippen LogP contribution in [0.3, 0.4) is 0 Å². The lowest BCUT2D eigenvalue weighted by molar-refractivity contribution is 0.101. The number of hydrogen-bond donors (Lipinski definition) is 0. The lowest BCUT2D eigenvalue weighted by Gasteiger charge is -2.10. The quantitative estimate of drug-likeness (QED) is 0.526. The molecule has 3 rings (SSSR count). The van der Waals surface area contributed by atoms with Gasteiger partial charge >= 0.3 is 0 Å². The van der Waals surface area contributed by atoms with Crippen molar-refractivity contribution in [2.45, 2.75) is 17.6 Å². The SMILES string of the molecule is CCN(C)/C=N\c1cc2c(cc1Cl)S(=O)(Cc1ccc(Cl)cc1)=NC2=O. The second kappa shape index (κ2) is 7.39. The molecule has 0 N–H and O–H groups in total. The molecule has 0 aliphatic carbocycles. The van der Waals surface area contributed by atoms with Crippen LogP contribution < -0.4 is 0 Å². The minimum Gasteiger partial charge on any atom is -0.366 e. The smallest absolute Gasteiger partial charge is 0.286 e. The van der Waals surface area contributed by atoms with Gasteiger partial charge in [0.1, 0.15) is 0 Å². The summed E-state index contributed by atoms with van der Waals surface area (Å²) in [6.07, 6.45) is 1.63. The van der Waals surface area contributed by atoms with Gasteiger partial charge in [-0.2, -0.15) is 4.36 Å². The summed E-state index contributed by atoms with van der Waals surface area (Å²) in [5.74, 6) is -0.378. The van der Waals surface area contributed by atoms with E-state index in [1.807, 2.05) is 18.9 Å². The average Bonchev–Trinajstić information content (AvgIpc) is 2.84. The van der Waals surface area contributed by atoms with Gasteiger partial charge < -0.3 is 4.90 Å².